The zero-order valence-electron chi connectivity index (χ0n) is 18.3. The number of imidazole rings is 1. The summed E-state index contributed by atoms with van der Waals surface area (Å²) in [6.07, 6.45) is 5.68. The molecular weight excluding hydrogens is 431 g/mol. The van der Waals surface area contributed by atoms with Crippen molar-refractivity contribution in [3.8, 4) is 11.8 Å². The summed E-state index contributed by atoms with van der Waals surface area (Å²) in [6, 6.07) is 5.43. The number of halogens is 1. The summed E-state index contributed by atoms with van der Waals surface area (Å²) in [5, 5.41) is 9.18. The first-order valence-corrected chi connectivity index (χ1v) is 10.4. The van der Waals surface area contributed by atoms with E-state index < -0.39 is 17.1 Å². The van der Waals surface area contributed by atoms with Gasteiger partial charge in [0.15, 0.2) is 11.2 Å². The zero-order chi connectivity index (χ0) is 23.7. The van der Waals surface area contributed by atoms with E-state index in [-0.39, 0.29) is 55.1 Å². The van der Waals surface area contributed by atoms with Crippen molar-refractivity contribution >= 4 is 11.2 Å². The monoisotopic (exact) mass is 456 g/mol. The van der Waals surface area contributed by atoms with Gasteiger partial charge in [0.2, 0.25) is 0 Å². The van der Waals surface area contributed by atoms with Crippen LogP contribution in [0.2, 0.25) is 0 Å². The van der Waals surface area contributed by atoms with Crippen LogP contribution in [0.5, 0.6) is 11.8 Å². The van der Waals surface area contributed by atoms with Gasteiger partial charge in [-0.05, 0) is 24.6 Å². The molecule has 3 heterocycles. The van der Waals surface area contributed by atoms with Crippen molar-refractivity contribution in [2.24, 2.45) is 12.8 Å². The smallest absolute Gasteiger partial charge is 0.332 e. The number of aliphatic hydroxyl groups is 1. The van der Waals surface area contributed by atoms with E-state index in [1.165, 1.54) is 29.8 Å². The molecule has 0 spiro atoms. The van der Waals surface area contributed by atoms with Gasteiger partial charge >= 0.3 is 11.7 Å². The predicted molar refractivity (Wildman–Crippen MR) is 120 cm³/mol. The second-order valence-corrected chi connectivity index (χ2v) is 7.83. The topological polar surface area (TPSA) is 121 Å². The van der Waals surface area contributed by atoms with Crippen molar-refractivity contribution in [1.29, 1.82) is 0 Å². The Balaban J connectivity index is 1.90. The maximum Gasteiger partial charge on any atom is 0.332 e. The Morgan fingerprint density at radius 3 is 2.73 bits per heavy atom. The fourth-order valence-corrected chi connectivity index (χ4v) is 3.77. The number of likely N-dealkylation sites (N-methyl/N-ethyl adjacent to an activating group) is 1. The molecule has 0 saturated heterocycles. The van der Waals surface area contributed by atoms with Gasteiger partial charge in [-0.2, -0.15) is 4.98 Å². The lowest BCUT2D eigenvalue weighted by molar-refractivity contribution is 0.277. The van der Waals surface area contributed by atoms with Crippen molar-refractivity contribution < 1.29 is 14.2 Å². The van der Waals surface area contributed by atoms with Crippen molar-refractivity contribution in [3.05, 3.63) is 75.0 Å². The van der Waals surface area contributed by atoms with Crippen LogP contribution in [0, 0.1) is 5.82 Å². The minimum absolute atomic E-state index is 0.0481. The Bertz CT molecular complexity index is 1370. The second kappa shape index (κ2) is 8.94. The van der Waals surface area contributed by atoms with Crippen molar-refractivity contribution in [3.63, 3.8) is 0 Å². The van der Waals surface area contributed by atoms with E-state index in [2.05, 4.69) is 4.98 Å². The molecule has 0 fully saturated rings. The Morgan fingerprint density at radius 1 is 1.24 bits per heavy atom. The predicted octanol–water partition coefficient (Wildman–Crippen LogP) is 0.881. The number of hydrogen-bond acceptors (Lipinski definition) is 7. The summed E-state index contributed by atoms with van der Waals surface area (Å²) in [6.45, 7) is 0.156. The third-order valence-electron chi connectivity index (χ3n) is 5.50. The van der Waals surface area contributed by atoms with Crippen LogP contribution in [0.3, 0.4) is 0 Å². The normalized spacial score (nSPS) is 15.8. The molecule has 3 aromatic rings. The fourth-order valence-electron chi connectivity index (χ4n) is 3.77. The van der Waals surface area contributed by atoms with Crippen LogP contribution >= 0.6 is 0 Å². The van der Waals surface area contributed by atoms with E-state index in [4.69, 9.17) is 10.5 Å². The molecule has 4 rings (SSSR count). The van der Waals surface area contributed by atoms with Gasteiger partial charge in [0.25, 0.3) is 5.56 Å². The number of nitrogens with two attached hydrogens (primary N) is 1. The SMILES string of the molecule is CN1C=C(N)C=CC1Cn1c(Oc2cccc(F)c2)nc2c1c(=O)n(CCCO)c(=O)n2C. The first-order valence-electron chi connectivity index (χ1n) is 10.4. The Labute approximate surface area is 188 Å². The number of allylic oxidation sites excluding steroid dienone is 1. The first kappa shape index (κ1) is 22.3. The highest BCUT2D eigenvalue weighted by atomic mass is 19.1. The minimum atomic E-state index is -0.548. The molecule has 0 saturated carbocycles. The zero-order valence-corrected chi connectivity index (χ0v) is 18.3. The fraction of sp³-hybridized carbons (Fsp3) is 0.318. The van der Waals surface area contributed by atoms with E-state index in [0.29, 0.717) is 5.70 Å². The number of aliphatic hydroxyl groups excluding tert-OH is 1. The van der Waals surface area contributed by atoms with Gasteiger partial charge in [0.05, 0.1) is 12.6 Å². The van der Waals surface area contributed by atoms with Crippen LogP contribution in [0.25, 0.3) is 11.2 Å². The van der Waals surface area contributed by atoms with E-state index in [1.807, 2.05) is 18.0 Å². The molecule has 1 aliphatic rings. The summed E-state index contributed by atoms with van der Waals surface area (Å²) in [7, 11) is 3.36. The van der Waals surface area contributed by atoms with Gasteiger partial charge in [-0.25, -0.2) is 9.18 Å². The number of nitrogens with zero attached hydrogens (tertiary/aromatic N) is 5. The van der Waals surface area contributed by atoms with Gasteiger partial charge in [-0.3, -0.25) is 18.5 Å². The molecule has 1 aromatic carbocycles. The van der Waals surface area contributed by atoms with E-state index in [0.717, 1.165) is 4.57 Å². The standard InChI is InChI=1S/C22H25FN6O4/c1-26-12-15(24)7-8-16(26)13-29-18-19(25-21(29)33-17-6-3-5-14(23)11-17)27(2)22(32)28(20(18)31)9-4-10-30/h3,5-8,11-12,16,30H,4,9-10,13,24H2,1-2H3. The van der Waals surface area contributed by atoms with Crippen LogP contribution in [0.1, 0.15) is 6.42 Å². The highest BCUT2D eigenvalue weighted by Gasteiger charge is 2.24. The number of aryl methyl sites for hydroxylation is 1. The molecule has 3 N–H and O–H groups in total. The molecule has 0 radical (unpaired) electrons. The Morgan fingerprint density at radius 2 is 2.03 bits per heavy atom. The summed E-state index contributed by atoms with van der Waals surface area (Å²) in [5.41, 5.74) is 5.69. The van der Waals surface area contributed by atoms with Crippen LogP contribution < -0.4 is 21.7 Å². The lowest BCUT2D eigenvalue weighted by atomic mass is 10.1. The summed E-state index contributed by atoms with van der Waals surface area (Å²) >= 11 is 0. The summed E-state index contributed by atoms with van der Waals surface area (Å²) in [4.78, 5) is 32.4. The average molecular weight is 456 g/mol. The molecule has 0 aliphatic carbocycles. The van der Waals surface area contributed by atoms with Crippen molar-refractivity contribution in [1.82, 2.24) is 23.6 Å². The highest BCUT2D eigenvalue weighted by Crippen LogP contribution is 2.26. The molecule has 11 heteroatoms. The van der Waals surface area contributed by atoms with Crippen molar-refractivity contribution in [2.45, 2.75) is 25.6 Å². The third kappa shape index (κ3) is 4.27. The maximum absolute atomic E-state index is 13.7. The number of fused-ring (bicyclic) bond motifs is 1. The lowest BCUT2D eigenvalue weighted by Crippen LogP contribution is -2.40. The van der Waals surface area contributed by atoms with E-state index >= 15 is 0 Å². The molecule has 33 heavy (non-hydrogen) atoms. The largest absolute Gasteiger partial charge is 0.425 e. The van der Waals surface area contributed by atoms with Gasteiger partial charge in [-0.1, -0.05) is 12.1 Å². The van der Waals surface area contributed by atoms with E-state index in [9.17, 15) is 19.1 Å². The third-order valence-corrected chi connectivity index (χ3v) is 5.50. The van der Waals surface area contributed by atoms with Crippen LogP contribution in [-0.4, -0.2) is 48.4 Å². The number of ether oxygens (including phenoxy) is 1. The van der Waals surface area contributed by atoms with Crippen LogP contribution in [0.15, 0.2) is 57.9 Å². The summed E-state index contributed by atoms with van der Waals surface area (Å²) in [5.74, 6) is -0.279. The number of aromatic nitrogens is 4. The molecule has 1 atom stereocenters. The quantitative estimate of drug-likeness (QED) is 0.541. The minimum Gasteiger partial charge on any atom is -0.425 e. The first-order chi connectivity index (χ1) is 15.8. The molecule has 10 nitrogen and oxygen atoms in total. The van der Waals surface area contributed by atoms with Gasteiger partial charge in [-0.15, -0.1) is 0 Å². The lowest BCUT2D eigenvalue weighted by Gasteiger charge is -2.28. The van der Waals surface area contributed by atoms with E-state index in [1.54, 1.807) is 22.9 Å². The molecule has 1 aliphatic heterocycles. The Kier molecular flexibility index (Phi) is 6.05. The number of hydrogen-bond donors (Lipinski definition) is 2. The summed E-state index contributed by atoms with van der Waals surface area (Å²) < 4.78 is 23.5. The number of benzene rings is 1. The molecule has 1 unspecified atom stereocenters. The average Bonchev–Trinajstić information content (AvgIpc) is 3.12. The van der Waals surface area contributed by atoms with Crippen LogP contribution in [0.4, 0.5) is 4.39 Å². The maximum atomic E-state index is 13.7. The molecule has 174 valence electrons. The van der Waals surface area contributed by atoms with Crippen LogP contribution in [-0.2, 0) is 20.1 Å². The van der Waals surface area contributed by atoms with Gasteiger partial charge < -0.3 is 20.5 Å². The second-order valence-electron chi connectivity index (χ2n) is 7.83. The molecule has 0 bridgehead atoms. The van der Waals surface area contributed by atoms with Gasteiger partial charge in [0, 0.05) is 45.2 Å². The number of rotatable bonds is 7. The van der Waals surface area contributed by atoms with Gasteiger partial charge in [0.1, 0.15) is 11.6 Å². The Hall–Kier alpha value is -3.86. The van der Waals surface area contributed by atoms with Crippen molar-refractivity contribution in [2.75, 3.05) is 13.7 Å². The highest BCUT2D eigenvalue weighted by molar-refractivity contribution is 5.72. The molecule has 0 amide bonds. The molecule has 2 aromatic heterocycles. The molecular formula is C22H25FN6O4.